The number of methoxy groups -OCH3 is 2. The van der Waals surface area contributed by atoms with Crippen LogP contribution >= 0.6 is 0 Å². The Labute approximate surface area is 198 Å². The van der Waals surface area contributed by atoms with Crippen LogP contribution in [0.25, 0.3) is 0 Å². The summed E-state index contributed by atoms with van der Waals surface area (Å²) in [7, 11) is 2.93. The van der Waals surface area contributed by atoms with Crippen molar-refractivity contribution in [3.63, 3.8) is 0 Å². The largest absolute Gasteiger partial charge is 0.494 e. The van der Waals surface area contributed by atoms with Gasteiger partial charge in [-0.1, -0.05) is 36.4 Å². The molecule has 8 heteroatoms. The third-order valence-corrected chi connectivity index (χ3v) is 4.89. The molecule has 8 nitrogen and oxygen atoms in total. The van der Waals surface area contributed by atoms with E-state index in [9.17, 15) is 9.59 Å². The lowest BCUT2D eigenvalue weighted by Crippen LogP contribution is -2.31. The molecule has 178 valence electrons. The Hall–Kier alpha value is -4.20. The van der Waals surface area contributed by atoms with E-state index in [0.717, 1.165) is 0 Å². The second-order valence-electron chi connectivity index (χ2n) is 7.38. The van der Waals surface area contributed by atoms with Gasteiger partial charge in [-0.2, -0.15) is 0 Å². The van der Waals surface area contributed by atoms with E-state index in [1.807, 2.05) is 36.4 Å². The molecule has 3 rings (SSSR count). The van der Waals surface area contributed by atoms with Crippen LogP contribution in [0.1, 0.15) is 13.8 Å². The van der Waals surface area contributed by atoms with Crippen LogP contribution in [0.3, 0.4) is 0 Å². The van der Waals surface area contributed by atoms with Crippen LogP contribution in [-0.4, -0.2) is 38.2 Å². The Morgan fingerprint density at radius 2 is 1.00 bits per heavy atom. The zero-order valence-corrected chi connectivity index (χ0v) is 19.5. The van der Waals surface area contributed by atoms with E-state index in [-0.39, 0.29) is 11.8 Å². The molecule has 0 radical (unpaired) electrons. The summed E-state index contributed by atoms with van der Waals surface area (Å²) in [5, 5.41) is 5.57. The van der Waals surface area contributed by atoms with E-state index in [1.54, 1.807) is 50.2 Å². The molecule has 0 aliphatic carbocycles. The number of hydrogen-bond donors (Lipinski definition) is 2. The van der Waals surface area contributed by atoms with Crippen molar-refractivity contribution in [2.45, 2.75) is 26.1 Å². The summed E-state index contributed by atoms with van der Waals surface area (Å²) in [6.45, 7) is 3.30. The van der Waals surface area contributed by atoms with E-state index in [4.69, 9.17) is 18.9 Å². The fraction of sp³-hybridized carbons (Fsp3) is 0.231. The average molecular weight is 465 g/mol. The summed E-state index contributed by atoms with van der Waals surface area (Å²) in [6, 6.07) is 21.3. The Morgan fingerprint density at radius 3 is 1.32 bits per heavy atom. The number of carbonyl (C=O) groups is 2. The van der Waals surface area contributed by atoms with Crippen molar-refractivity contribution in [2.24, 2.45) is 0 Å². The molecule has 0 heterocycles. The van der Waals surface area contributed by atoms with Crippen LogP contribution in [-0.2, 0) is 9.59 Å². The van der Waals surface area contributed by atoms with Crippen LogP contribution < -0.4 is 29.6 Å². The van der Waals surface area contributed by atoms with Gasteiger partial charge >= 0.3 is 0 Å². The van der Waals surface area contributed by atoms with Crippen molar-refractivity contribution in [1.82, 2.24) is 0 Å². The lowest BCUT2D eigenvalue weighted by molar-refractivity contribution is -0.122. The maximum atomic E-state index is 12.7. The minimum absolute atomic E-state index is 0.341. The normalized spacial score (nSPS) is 12.1. The summed E-state index contributed by atoms with van der Waals surface area (Å²) in [4.78, 5) is 25.4. The molecule has 0 bridgehead atoms. The summed E-state index contributed by atoms with van der Waals surface area (Å²) in [5.41, 5.74) is 0.749. The van der Waals surface area contributed by atoms with Crippen molar-refractivity contribution in [3.8, 4) is 23.0 Å². The first-order chi connectivity index (χ1) is 16.4. The number of ether oxygens (including phenoxy) is 4. The van der Waals surface area contributed by atoms with Gasteiger partial charge in [0.05, 0.1) is 25.6 Å². The van der Waals surface area contributed by atoms with E-state index in [0.29, 0.717) is 34.4 Å². The molecule has 34 heavy (non-hydrogen) atoms. The molecular weight excluding hydrogens is 436 g/mol. The van der Waals surface area contributed by atoms with Gasteiger partial charge in [0.2, 0.25) is 0 Å². The van der Waals surface area contributed by atoms with Gasteiger partial charge in [-0.15, -0.1) is 0 Å². The Bertz CT molecular complexity index is 1020. The lowest BCUT2D eigenvalue weighted by atomic mass is 10.2. The first-order valence-electron chi connectivity index (χ1n) is 10.7. The minimum Gasteiger partial charge on any atom is -0.494 e. The molecule has 0 spiro atoms. The van der Waals surface area contributed by atoms with Crippen molar-refractivity contribution in [1.29, 1.82) is 0 Å². The highest BCUT2D eigenvalue weighted by Gasteiger charge is 2.21. The highest BCUT2D eigenvalue weighted by atomic mass is 16.5. The number of anilines is 2. The minimum atomic E-state index is -0.756. The van der Waals surface area contributed by atoms with Crippen LogP contribution in [0.4, 0.5) is 11.4 Å². The maximum absolute atomic E-state index is 12.7. The standard InChI is InChI=1S/C26H28N2O6/c1-17(33-19-11-7-5-8-12-19)25(29)27-21-15-24(32-4)22(16-23(21)31-3)28-26(30)18(2)34-20-13-9-6-10-14-20/h5-18H,1-4H3,(H,27,29)(H,28,30)/t17-,18-/m1/s1. The fourth-order valence-electron chi connectivity index (χ4n) is 3.08. The van der Waals surface area contributed by atoms with E-state index in [1.165, 1.54) is 14.2 Å². The number of benzene rings is 3. The van der Waals surface area contributed by atoms with Gasteiger partial charge in [0.1, 0.15) is 23.0 Å². The molecular formula is C26H28N2O6. The number of carbonyl (C=O) groups excluding carboxylic acids is 2. The van der Waals surface area contributed by atoms with Gasteiger partial charge in [0.15, 0.2) is 12.2 Å². The molecule has 0 aliphatic heterocycles. The molecule has 0 aromatic heterocycles. The monoisotopic (exact) mass is 464 g/mol. The van der Waals surface area contributed by atoms with Crippen molar-refractivity contribution >= 4 is 23.2 Å². The van der Waals surface area contributed by atoms with Crippen molar-refractivity contribution in [2.75, 3.05) is 24.9 Å². The molecule has 3 aromatic rings. The number of rotatable bonds is 10. The van der Waals surface area contributed by atoms with Gasteiger partial charge < -0.3 is 29.6 Å². The first kappa shape index (κ1) is 24.4. The number of para-hydroxylation sites is 2. The van der Waals surface area contributed by atoms with Crippen molar-refractivity contribution in [3.05, 3.63) is 72.8 Å². The van der Waals surface area contributed by atoms with Gasteiger partial charge in [0.25, 0.3) is 11.8 Å². The second-order valence-corrected chi connectivity index (χ2v) is 7.38. The topological polar surface area (TPSA) is 95.1 Å². The third kappa shape index (κ3) is 6.41. The Morgan fingerprint density at radius 1 is 0.647 bits per heavy atom. The van der Waals surface area contributed by atoms with Gasteiger partial charge in [-0.05, 0) is 38.1 Å². The van der Waals surface area contributed by atoms with Crippen molar-refractivity contribution < 1.29 is 28.5 Å². The van der Waals surface area contributed by atoms with E-state index >= 15 is 0 Å². The van der Waals surface area contributed by atoms with Gasteiger partial charge in [-0.25, -0.2) is 0 Å². The Balaban J connectivity index is 1.71. The molecule has 0 fully saturated rings. The Kier molecular flexibility index (Phi) is 8.34. The molecule has 2 amide bonds. The molecule has 0 unspecified atom stereocenters. The first-order valence-corrected chi connectivity index (χ1v) is 10.7. The summed E-state index contributed by atoms with van der Waals surface area (Å²) < 4.78 is 22.2. The lowest BCUT2D eigenvalue weighted by Gasteiger charge is -2.19. The zero-order valence-electron chi connectivity index (χ0n) is 19.5. The molecule has 3 aromatic carbocycles. The van der Waals surface area contributed by atoms with Gasteiger partial charge in [-0.3, -0.25) is 9.59 Å². The molecule has 2 atom stereocenters. The van der Waals surface area contributed by atoms with Crippen LogP contribution in [0.15, 0.2) is 72.8 Å². The third-order valence-electron chi connectivity index (χ3n) is 4.89. The van der Waals surface area contributed by atoms with Crippen LogP contribution in [0.2, 0.25) is 0 Å². The highest BCUT2D eigenvalue weighted by Crippen LogP contribution is 2.36. The quantitative estimate of drug-likeness (QED) is 0.458. The van der Waals surface area contributed by atoms with Crippen LogP contribution in [0, 0.1) is 0 Å². The smallest absolute Gasteiger partial charge is 0.265 e. The maximum Gasteiger partial charge on any atom is 0.265 e. The number of nitrogens with one attached hydrogen (secondary N) is 2. The average Bonchev–Trinajstić information content (AvgIpc) is 2.85. The second kappa shape index (κ2) is 11.6. The molecule has 0 saturated carbocycles. The molecule has 0 saturated heterocycles. The molecule has 2 N–H and O–H groups in total. The summed E-state index contributed by atoms with van der Waals surface area (Å²) >= 11 is 0. The van der Waals surface area contributed by atoms with E-state index in [2.05, 4.69) is 10.6 Å². The van der Waals surface area contributed by atoms with E-state index < -0.39 is 12.2 Å². The van der Waals surface area contributed by atoms with Gasteiger partial charge in [0, 0.05) is 12.1 Å². The van der Waals surface area contributed by atoms with Crippen LogP contribution in [0.5, 0.6) is 23.0 Å². The predicted octanol–water partition coefficient (Wildman–Crippen LogP) is 4.52. The number of hydrogen-bond acceptors (Lipinski definition) is 6. The zero-order chi connectivity index (χ0) is 24.5. The predicted molar refractivity (Wildman–Crippen MR) is 130 cm³/mol. The fourth-order valence-corrected chi connectivity index (χ4v) is 3.08. The highest BCUT2D eigenvalue weighted by molar-refractivity contribution is 5.99. The SMILES string of the molecule is COc1cc(NC(=O)[C@@H](C)Oc2ccccc2)c(OC)cc1NC(=O)[C@@H](C)Oc1ccccc1. The molecule has 0 aliphatic rings. The number of amides is 2. The summed E-state index contributed by atoms with van der Waals surface area (Å²) in [6.07, 6.45) is -1.51. The summed E-state index contributed by atoms with van der Waals surface area (Å²) in [5.74, 6) is 1.11.